The topological polar surface area (TPSA) is 50.7 Å². The van der Waals surface area contributed by atoms with Crippen LogP contribution < -0.4 is 12.8 Å². The Kier molecular flexibility index (Phi) is 8.67. The summed E-state index contributed by atoms with van der Waals surface area (Å²) in [6.07, 6.45) is 0. The second-order valence-electron chi connectivity index (χ2n) is 4.88. The van der Waals surface area contributed by atoms with Crippen molar-refractivity contribution < 1.29 is 0 Å². The van der Waals surface area contributed by atoms with Gasteiger partial charge in [-0.15, -0.1) is 11.3 Å². The number of nitrogens with zero attached hydrogens (tertiary/aromatic N) is 2. The third kappa shape index (κ3) is 7.82. The van der Waals surface area contributed by atoms with Crippen molar-refractivity contribution in [2.75, 3.05) is 0 Å². The molecule has 3 nitrogen and oxygen atoms in total. The Hall–Kier alpha value is -1.68. The summed E-state index contributed by atoms with van der Waals surface area (Å²) in [5.41, 5.74) is 5.99. The molecule has 0 aliphatic rings. The van der Waals surface area contributed by atoms with Gasteiger partial charge in [-0.1, -0.05) is 6.07 Å². The fraction of sp³-hybridized carbons (Fsp3) is 0.0526. The zero-order valence-electron chi connectivity index (χ0n) is 13.7. The van der Waals surface area contributed by atoms with Crippen molar-refractivity contribution in [1.82, 2.24) is 0 Å². The van der Waals surface area contributed by atoms with Gasteiger partial charge in [-0.05, 0) is 23.5 Å². The van der Waals surface area contributed by atoms with Gasteiger partial charge in [0.1, 0.15) is 0 Å². The van der Waals surface area contributed by atoms with Crippen LogP contribution in [0.1, 0.15) is 11.8 Å². The fourth-order valence-corrected chi connectivity index (χ4v) is 5.21. The molecule has 0 aliphatic carbocycles. The Morgan fingerprint density at radius 1 is 0.880 bits per heavy atom. The maximum absolute atomic E-state index is 5.16. The van der Waals surface area contributed by atoms with Gasteiger partial charge in [0.15, 0.2) is 0 Å². The van der Waals surface area contributed by atoms with Crippen LogP contribution in [0.15, 0.2) is 88.4 Å². The first-order chi connectivity index (χ1) is 12.1. The first-order valence-corrected chi connectivity index (χ1v) is 11.4. The van der Waals surface area contributed by atoms with Gasteiger partial charge in [0, 0.05) is 0 Å². The molecule has 1 heterocycles. The van der Waals surface area contributed by atoms with E-state index in [-0.39, 0.29) is 26.8 Å². The monoisotopic (exact) mass is 473 g/mol. The third-order valence-corrected chi connectivity index (χ3v) is 7.18. The van der Waals surface area contributed by atoms with Crippen molar-refractivity contribution >= 4 is 63.5 Å². The van der Waals surface area contributed by atoms with E-state index in [4.69, 9.17) is 5.73 Å². The van der Waals surface area contributed by atoms with E-state index < -0.39 is 0 Å². The zero-order valence-corrected chi connectivity index (χ0v) is 17.9. The SMILES string of the molecule is C/C(=N\N=C(/N)[S-])c1cccs1.c1cc[c]([Sb][c]2ccccc2)cc1. The summed E-state index contributed by atoms with van der Waals surface area (Å²) in [5.74, 6) is 0. The van der Waals surface area contributed by atoms with Gasteiger partial charge < -0.3 is 18.4 Å². The van der Waals surface area contributed by atoms with E-state index in [1.165, 1.54) is 7.02 Å². The van der Waals surface area contributed by atoms with Crippen LogP contribution in [-0.2, 0) is 12.6 Å². The van der Waals surface area contributed by atoms with Crippen LogP contribution >= 0.6 is 11.3 Å². The number of thiophene rings is 1. The third-order valence-electron chi connectivity index (χ3n) is 2.95. The van der Waals surface area contributed by atoms with Crippen LogP contribution in [0.4, 0.5) is 0 Å². The summed E-state index contributed by atoms with van der Waals surface area (Å²) >= 11 is 5.82. The van der Waals surface area contributed by atoms with Gasteiger partial charge in [-0.3, -0.25) is 0 Å². The molecule has 127 valence electrons. The van der Waals surface area contributed by atoms with Crippen LogP contribution in [0.25, 0.3) is 0 Å². The molecule has 1 radical (unpaired) electrons. The second kappa shape index (κ2) is 11.0. The molecule has 0 saturated heterocycles. The average Bonchev–Trinajstić information content (AvgIpc) is 3.17. The van der Waals surface area contributed by atoms with E-state index in [2.05, 4.69) is 83.5 Å². The standard InChI is InChI=1S/C7H9N3S2.2C6H5.Sb/c1-5(9-10-7(8)11)6-3-2-4-12-6;2*1-2-4-6-5-3-1;/h2-4H,1H3,(H3,8,10,11);2*1-5H;/p-1/b9-5+;;;. The molecule has 0 saturated carbocycles. The molecule has 0 bridgehead atoms. The maximum atomic E-state index is 5.16. The minimum absolute atomic E-state index is 0.0610. The molecule has 2 aromatic carbocycles. The number of hydrogen-bond donors (Lipinski definition) is 1. The first-order valence-electron chi connectivity index (χ1n) is 7.55. The van der Waals surface area contributed by atoms with Crippen molar-refractivity contribution in [1.29, 1.82) is 0 Å². The molecule has 0 unspecified atom stereocenters. The molecule has 1 aromatic heterocycles. The van der Waals surface area contributed by atoms with E-state index >= 15 is 0 Å². The molecule has 3 rings (SSSR count). The average molecular weight is 474 g/mol. The molecule has 0 amide bonds. The second-order valence-corrected chi connectivity index (χ2v) is 9.84. The summed E-state index contributed by atoms with van der Waals surface area (Å²) in [7, 11) is 0. The van der Waals surface area contributed by atoms with Crippen molar-refractivity contribution in [2.24, 2.45) is 15.9 Å². The van der Waals surface area contributed by atoms with Crippen molar-refractivity contribution in [3.8, 4) is 0 Å². The fourth-order valence-electron chi connectivity index (χ4n) is 1.81. The molecular weight excluding hydrogens is 456 g/mol. The first kappa shape index (κ1) is 19.6. The Morgan fingerprint density at radius 3 is 1.88 bits per heavy atom. The molecule has 6 heteroatoms. The number of rotatable bonds is 4. The van der Waals surface area contributed by atoms with Crippen molar-refractivity contribution in [2.45, 2.75) is 6.92 Å². The summed E-state index contributed by atoms with van der Waals surface area (Å²) in [6.45, 7) is 1.87. The summed E-state index contributed by atoms with van der Waals surface area (Å²) in [4.78, 5) is 1.08. The van der Waals surface area contributed by atoms with Crippen LogP contribution in [-0.4, -0.2) is 32.5 Å². The van der Waals surface area contributed by atoms with Crippen LogP contribution in [0.3, 0.4) is 0 Å². The molecule has 25 heavy (non-hydrogen) atoms. The van der Waals surface area contributed by atoms with E-state index in [0.717, 1.165) is 10.6 Å². The van der Waals surface area contributed by atoms with E-state index in [9.17, 15) is 0 Å². The van der Waals surface area contributed by atoms with Gasteiger partial charge in [0.05, 0.1) is 10.6 Å². The van der Waals surface area contributed by atoms with Gasteiger partial charge >= 0.3 is 89.3 Å². The minimum atomic E-state index is -0.335. The number of hydrogen-bond acceptors (Lipinski definition) is 4. The Morgan fingerprint density at radius 2 is 1.44 bits per heavy atom. The Balaban J connectivity index is 0.000000181. The summed E-state index contributed by atoms with van der Waals surface area (Å²) in [6, 6.07) is 25.5. The molecule has 3 aromatic rings. The number of nitrogens with two attached hydrogens (primary N) is 1. The van der Waals surface area contributed by atoms with E-state index in [1.807, 2.05) is 24.4 Å². The quantitative estimate of drug-likeness (QED) is 0.208. The summed E-state index contributed by atoms with van der Waals surface area (Å²) < 4.78 is 3.04. The van der Waals surface area contributed by atoms with E-state index in [1.54, 1.807) is 11.3 Å². The number of amidine groups is 1. The molecule has 0 spiro atoms. The van der Waals surface area contributed by atoms with Gasteiger partial charge in [0.25, 0.3) is 0 Å². The predicted octanol–water partition coefficient (Wildman–Crippen LogP) is 2.68. The van der Waals surface area contributed by atoms with Crippen LogP contribution in [0.2, 0.25) is 0 Å². The normalized spacial score (nSPS) is 11.6. The number of benzene rings is 2. The molecule has 0 fully saturated rings. The van der Waals surface area contributed by atoms with Gasteiger partial charge in [-0.25, -0.2) is 0 Å². The molecular formula is C19H18N3S2Sb-. The van der Waals surface area contributed by atoms with Crippen molar-refractivity contribution in [3.05, 3.63) is 83.1 Å². The van der Waals surface area contributed by atoms with Gasteiger partial charge in [0.2, 0.25) is 0 Å². The zero-order chi connectivity index (χ0) is 17.9. The predicted molar refractivity (Wildman–Crippen MR) is 113 cm³/mol. The Labute approximate surface area is 168 Å². The summed E-state index contributed by atoms with van der Waals surface area (Å²) in [5, 5.41) is 9.48. The Bertz CT molecular complexity index is 760. The van der Waals surface area contributed by atoms with Crippen LogP contribution in [0, 0.1) is 0 Å². The van der Waals surface area contributed by atoms with Gasteiger partial charge in [-0.2, -0.15) is 10.2 Å². The van der Waals surface area contributed by atoms with Crippen LogP contribution in [0.5, 0.6) is 0 Å². The van der Waals surface area contributed by atoms with E-state index in [0.29, 0.717) is 0 Å². The molecule has 0 aliphatic heterocycles. The van der Waals surface area contributed by atoms with Crippen molar-refractivity contribution in [3.63, 3.8) is 0 Å². The molecule has 2 N–H and O–H groups in total. The molecule has 0 atom stereocenters.